The van der Waals surface area contributed by atoms with E-state index in [0.717, 1.165) is 31.5 Å². The molecule has 1 heterocycles. The van der Waals surface area contributed by atoms with Crippen molar-refractivity contribution in [2.24, 2.45) is 0 Å². The summed E-state index contributed by atoms with van der Waals surface area (Å²) < 4.78 is 5.97. The molecule has 0 saturated heterocycles. The van der Waals surface area contributed by atoms with Crippen LogP contribution >= 0.6 is 0 Å². The van der Waals surface area contributed by atoms with E-state index in [2.05, 4.69) is 49.3 Å². The molecule has 0 saturated carbocycles. The molecule has 0 amide bonds. The normalized spacial score (nSPS) is 14.2. The van der Waals surface area contributed by atoms with E-state index in [1.807, 2.05) is 18.3 Å². The zero-order valence-corrected chi connectivity index (χ0v) is 13.3. The highest BCUT2D eigenvalue weighted by molar-refractivity contribution is 5.78. The molecule has 1 aromatic carbocycles. The number of nitrogens with one attached hydrogen (secondary N) is 1. The summed E-state index contributed by atoms with van der Waals surface area (Å²) >= 11 is 0. The number of likely N-dealkylation sites (N-methyl/N-ethyl adjacent to an activating group) is 1. The number of fused-ring (bicyclic) bond motifs is 1. The monoisotopic (exact) mass is 286 g/mol. The maximum atomic E-state index is 5.97. The van der Waals surface area contributed by atoms with Crippen molar-refractivity contribution in [1.29, 1.82) is 0 Å². The maximum Gasteiger partial charge on any atom is 0.0770 e. The minimum Gasteiger partial charge on any atom is -0.377 e. The molecule has 0 bridgehead atoms. The second-order valence-electron chi connectivity index (χ2n) is 5.28. The highest BCUT2D eigenvalue weighted by Gasteiger charge is 2.22. The van der Waals surface area contributed by atoms with Gasteiger partial charge in [-0.1, -0.05) is 38.5 Å². The summed E-state index contributed by atoms with van der Waals surface area (Å²) in [7, 11) is 0. The third-order valence-corrected chi connectivity index (χ3v) is 3.72. The summed E-state index contributed by atoms with van der Waals surface area (Å²) in [4.78, 5) is 4.59. The predicted molar refractivity (Wildman–Crippen MR) is 88.5 cm³/mol. The molecular weight excluding hydrogens is 260 g/mol. The Morgan fingerprint density at radius 3 is 2.71 bits per heavy atom. The lowest BCUT2D eigenvalue weighted by Crippen LogP contribution is -2.34. The van der Waals surface area contributed by atoms with E-state index in [-0.39, 0.29) is 12.1 Å². The number of benzene rings is 1. The molecule has 3 heteroatoms. The molecule has 2 atom stereocenters. The molecule has 0 radical (unpaired) electrons. The van der Waals surface area contributed by atoms with Gasteiger partial charge in [0.05, 0.1) is 17.7 Å². The van der Waals surface area contributed by atoms with Gasteiger partial charge in [0.1, 0.15) is 0 Å². The van der Waals surface area contributed by atoms with E-state index in [9.17, 15) is 0 Å². The van der Waals surface area contributed by atoms with Crippen molar-refractivity contribution in [2.45, 2.75) is 45.8 Å². The standard InChI is InChI=1S/C18H26N2O/c1-4-9-17(21-6-3)18(19-5-2)15-12-14-10-7-8-11-16(14)20-13-15/h7-8,10-13,17-19H,4-6,9H2,1-3H3. The van der Waals surface area contributed by atoms with Crippen LogP contribution in [0.1, 0.15) is 45.2 Å². The average molecular weight is 286 g/mol. The Balaban J connectivity index is 2.33. The number of ether oxygens (including phenoxy) is 1. The number of hydrogen-bond acceptors (Lipinski definition) is 3. The van der Waals surface area contributed by atoms with Crippen LogP contribution < -0.4 is 5.32 Å². The third-order valence-electron chi connectivity index (χ3n) is 3.72. The topological polar surface area (TPSA) is 34.1 Å². The van der Waals surface area contributed by atoms with Crippen LogP contribution in [-0.2, 0) is 4.74 Å². The molecule has 3 nitrogen and oxygen atoms in total. The second kappa shape index (κ2) is 8.11. The molecule has 1 aromatic heterocycles. The first-order valence-electron chi connectivity index (χ1n) is 7.99. The van der Waals surface area contributed by atoms with Crippen LogP contribution in [0.15, 0.2) is 36.5 Å². The maximum absolute atomic E-state index is 5.97. The molecule has 114 valence electrons. The lowest BCUT2D eigenvalue weighted by Gasteiger charge is -2.28. The lowest BCUT2D eigenvalue weighted by atomic mass is 9.98. The molecule has 0 fully saturated rings. The van der Waals surface area contributed by atoms with Crippen LogP contribution in [-0.4, -0.2) is 24.2 Å². The second-order valence-corrected chi connectivity index (χ2v) is 5.28. The number of nitrogens with zero attached hydrogens (tertiary/aromatic N) is 1. The van der Waals surface area contributed by atoms with Crippen LogP contribution in [0.2, 0.25) is 0 Å². The van der Waals surface area contributed by atoms with Gasteiger partial charge >= 0.3 is 0 Å². The van der Waals surface area contributed by atoms with E-state index in [4.69, 9.17) is 4.74 Å². The van der Waals surface area contributed by atoms with Gasteiger partial charge in [-0.25, -0.2) is 0 Å². The molecule has 2 unspecified atom stereocenters. The predicted octanol–water partition coefficient (Wildman–Crippen LogP) is 4.09. The van der Waals surface area contributed by atoms with Gasteiger partial charge in [0.25, 0.3) is 0 Å². The Morgan fingerprint density at radius 1 is 1.19 bits per heavy atom. The number of pyridine rings is 1. The van der Waals surface area contributed by atoms with Gasteiger partial charge in [-0.15, -0.1) is 0 Å². The van der Waals surface area contributed by atoms with Crippen molar-refractivity contribution in [3.63, 3.8) is 0 Å². The fourth-order valence-electron chi connectivity index (χ4n) is 2.79. The SMILES string of the molecule is CCCC(OCC)C(NCC)c1cnc2ccccc2c1. The van der Waals surface area contributed by atoms with Crippen molar-refractivity contribution >= 4 is 10.9 Å². The smallest absolute Gasteiger partial charge is 0.0770 e. The van der Waals surface area contributed by atoms with E-state index < -0.39 is 0 Å². The van der Waals surface area contributed by atoms with Gasteiger partial charge in [0.2, 0.25) is 0 Å². The van der Waals surface area contributed by atoms with Gasteiger partial charge < -0.3 is 10.1 Å². The summed E-state index contributed by atoms with van der Waals surface area (Å²) in [5.74, 6) is 0. The first-order chi connectivity index (χ1) is 10.3. The first-order valence-corrected chi connectivity index (χ1v) is 7.99. The van der Waals surface area contributed by atoms with Crippen LogP contribution in [0.3, 0.4) is 0 Å². The largest absolute Gasteiger partial charge is 0.377 e. The van der Waals surface area contributed by atoms with Crippen molar-refractivity contribution < 1.29 is 4.74 Å². The highest BCUT2D eigenvalue weighted by atomic mass is 16.5. The fraction of sp³-hybridized carbons (Fsp3) is 0.500. The molecule has 0 aliphatic heterocycles. The molecule has 0 aliphatic rings. The minimum atomic E-state index is 0.197. The Hall–Kier alpha value is -1.45. The summed E-state index contributed by atoms with van der Waals surface area (Å²) in [6.45, 7) is 8.06. The third kappa shape index (κ3) is 4.02. The Bertz CT molecular complexity index is 550. The van der Waals surface area contributed by atoms with E-state index in [0.29, 0.717) is 0 Å². The van der Waals surface area contributed by atoms with E-state index >= 15 is 0 Å². The summed E-state index contributed by atoms with van der Waals surface area (Å²) in [5, 5.41) is 4.75. The Labute approximate surface area is 127 Å². The van der Waals surface area contributed by atoms with Crippen LogP contribution in [0, 0.1) is 0 Å². The fourth-order valence-corrected chi connectivity index (χ4v) is 2.79. The minimum absolute atomic E-state index is 0.197. The van der Waals surface area contributed by atoms with Crippen molar-refractivity contribution in [1.82, 2.24) is 10.3 Å². The molecule has 2 aromatic rings. The van der Waals surface area contributed by atoms with E-state index in [1.54, 1.807) is 0 Å². The number of aromatic nitrogens is 1. The molecular formula is C18H26N2O. The zero-order chi connectivity index (χ0) is 15.1. The molecule has 0 spiro atoms. The molecule has 2 rings (SSSR count). The van der Waals surface area contributed by atoms with Crippen molar-refractivity contribution in [2.75, 3.05) is 13.2 Å². The number of hydrogen-bond donors (Lipinski definition) is 1. The molecule has 21 heavy (non-hydrogen) atoms. The van der Waals surface area contributed by atoms with Crippen LogP contribution in [0.25, 0.3) is 10.9 Å². The number of rotatable bonds is 8. The summed E-state index contributed by atoms with van der Waals surface area (Å²) in [6, 6.07) is 10.7. The van der Waals surface area contributed by atoms with Crippen molar-refractivity contribution in [3.05, 3.63) is 42.1 Å². The van der Waals surface area contributed by atoms with Crippen molar-refractivity contribution in [3.8, 4) is 0 Å². The Kier molecular flexibility index (Phi) is 6.15. The van der Waals surface area contributed by atoms with Gasteiger partial charge in [0.15, 0.2) is 0 Å². The lowest BCUT2D eigenvalue weighted by molar-refractivity contribution is 0.0279. The summed E-state index contributed by atoms with van der Waals surface area (Å²) in [6.07, 6.45) is 4.35. The van der Waals surface area contributed by atoms with Gasteiger partial charge in [0, 0.05) is 18.2 Å². The molecule has 0 aliphatic carbocycles. The molecule has 1 N–H and O–H groups in total. The zero-order valence-electron chi connectivity index (χ0n) is 13.3. The summed E-state index contributed by atoms with van der Waals surface area (Å²) in [5.41, 5.74) is 2.25. The van der Waals surface area contributed by atoms with Crippen LogP contribution in [0.5, 0.6) is 0 Å². The Morgan fingerprint density at radius 2 is 2.00 bits per heavy atom. The number of para-hydroxylation sites is 1. The van der Waals surface area contributed by atoms with E-state index in [1.165, 1.54) is 10.9 Å². The van der Waals surface area contributed by atoms with Gasteiger partial charge in [-0.2, -0.15) is 0 Å². The van der Waals surface area contributed by atoms with Gasteiger partial charge in [-0.05, 0) is 37.6 Å². The highest BCUT2D eigenvalue weighted by Crippen LogP contribution is 2.25. The first kappa shape index (κ1) is 15.9. The quantitative estimate of drug-likeness (QED) is 0.793. The van der Waals surface area contributed by atoms with Crippen LogP contribution in [0.4, 0.5) is 0 Å². The average Bonchev–Trinajstić information content (AvgIpc) is 2.52. The van der Waals surface area contributed by atoms with Gasteiger partial charge in [-0.3, -0.25) is 4.98 Å².